The zero-order valence-electron chi connectivity index (χ0n) is 8.60. The lowest BCUT2D eigenvalue weighted by Gasteiger charge is -2.05. The van der Waals surface area contributed by atoms with Gasteiger partial charge in [-0.15, -0.1) is 11.3 Å². The van der Waals surface area contributed by atoms with Crippen molar-refractivity contribution in [3.8, 4) is 0 Å². The molecule has 1 radical (unpaired) electrons. The molecule has 1 aromatic heterocycles. The van der Waals surface area contributed by atoms with Crippen LogP contribution in [0.25, 0.3) is 0 Å². The quantitative estimate of drug-likeness (QED) is 0.912. The van der Waals surface area contributed by atoms with Crippen molar-refractivity contribution in [2.75, 3.05) is 4.72 Å². The van der Waals surface area contributed by atoms with E-state index in [1.165, 1.54) is 11.3 Å². The van der Waals surface area contributed by atoms with E-state index >= 15 is 0 Å². The molecule has 0 aliphatic carbocycles. The summed E-state index contributed by atoms with van der Waals surface area (Å²) in [5, 5.41) is 1.73. The van der Waals surface area contributed by atoms with Crippen LogP contribution >= 0.6 is 11.3 Å². The Balaban J connectivity index is 2.25. The van der Waals surface area contributed by atoms with E-state index in [0.29, 0.717) is 9.90 Å². The molecule has 1 aromatic carbocycles. The van der Waals surface area contributed by atoms with Crippen LogP contribution in [0.4, 0.5) is 5.69 Å². The second-order valence-corrected chi connectivity index (χ2v) is 6.17. The van der Waals surface area contributed by atoms with Crippen LogP contribution in [0.2, 0.25) is 0 Å². The van der Waals surface area contributed by atoms with Crippen LogP contribution in [0.3, 0.4) is 0 Å². The molecule has 0 fully saturated rings. The molecule has 2 aromatic rings. The third kappa shape index (κ3) is 2.43. The van der Waals surface area contributed by atoms with E-state index in [1.807, 2.05) is 13.0 Å². The van der Waals surface area contributed by atoms with Crippen molar-refractivity contribution >= 4 is 27.0 Å². The molecule has 3 nitrogen and oxygen atoms in total. The van der Waals surface area contributed by atoms with Crippen LogP contribution in [0.5, 0.6) is 0 Å². The van der Waals surface area contributed by atoms with Crippen LogP contribution in [0.15, 0.2) is 39.9 Å². The average Bonchev–Trinajstić information content (AvgIpc) is 2.75. The molecular formula is C11H10NO2S2. The zero-order chi connectivity index (χ0) is 11.6. The summed E-state index contributed by atoms with van der Waals surface area (Å²) in [5.74, 6) is 0. The van der Waals surface area contributed by atoms with Gasteiger partial charge in [0, 0.05) is 6.07 Å². The highest BCUT2D eigenvalue weighted by molar-refractivity contribution is 7.94. The highest BCUT2D eigenvalue weighted by atomic mass is 32.2. The molecule has 0 spiro atoms. The fourth-order valence-corrected chi connectivity index (χ4v) is 3.20. The molecule has 2 rings (SSSR count). The first-order valence-corrected chi connectivity index (χ1v) is 6.99. The van der Waals surface area contributed by atoms with E-state index < -0.39 is 10.0 Å². The fraction of sp³-hybridized carbons (Fsp3) is 0.0909. The first kappa shape index (κ1) is 11.2. The van der Waals surface area contributed by atoms with Gasteiger partial charge >= 0.3 is 0 Å². The van der Waals surface area contributed by atoms with Crippen molar-refractivity contribution < 1.29 is 8.42 Å². The minimum Gasteiger partial charge on any atom is -0.278 e. The molecule has 0 aliphatic rings. The van der Waals surface area contributed by atoms with Crippen molar-refractivity contribution in [2.45, 2.75) is 11.1 Å². The number of hydrogen-bond donors (Lipinski definition) is 1. The smallest absolute Gasteiger partial charge is 0.271 e. The third-order valence-corrected chi connectivity index (χ3v) is 4.74. The van der Waals surface area contributed by atoms with Gasteiger partial charge in [-0.05, 0) is 30.5 Å². The van der Waals surface area contributed by atoms with E-state index in [9.17, 15) is 8.42 Å². The Morgan fingerprint density at radius 2 is 2.12 bits per heavy atom. The van der Waals surface area contributed by atoms with Crippen LogP contribution in [-0.4, -0.2) is 8.42 Å². The maximum atomic E-state index is 11.8. The summed E-state index contributed by atoms with van der Waals surface area (Å²) in [6, 6.07) is 11.4. The lowest BCUT2D eigenvalue weighted by molar-refractivity contribution is 0.603. The standard InChI is InChI=1S/C11H10NO2S2/c1-9-4-6-10(7-5-9)12-16(13,14)11-3-2-8-15-11/h2-6,8,12H,1H3. The molecule has 16 heavy (non-hydrogen) atoms. The van der Waals surface area contributed by atoms with Crippen molar-refractivity contribution in [3.05, 3.63) is 47.3 Å². The number of hydrogen-bond acceptors (Lipinski definition) is 3. The Bertz CT molecular complexity index is 557. The second-order valence-electron chi connectivity index (χ2n) is 3.32. The van der Waals surface area contributed by atoms with Gasteiger partial charge < -0.3 is 0 Å². The number of aryl methyl sites for hydroxylation is 1. The van der Waals surface area contributed by atoms with E-state index in [1.54, 1.807) is 29.6 Å². The van der Waals surface area contributed by atoms with E-state index in [-0.39, 0.29) is 0 Å². The van der Waals surface area contributed by atoms with Gasteiger partial charge in [-0.2, -0.15) is 0 Å². The van der Waals surface area contributed by atoms with Crippen LogP contribution in [-0.2, 0) is 10.0 Å². The Morgan fingerprint density at radius 1 is 1.31 bits per heavy atom. The molecule has 1 N–H and O–H groups in total. The molecule has 0 atom stereocenters. The fourth-order valence-electron chi connectivity index (χ4n) is 1.18. The van der Waals surface area contributed by atoms with Gasteiger partial charge in [-0.1, -0.05) is 17.7 Å². The maximum absolute atomic E-state index is 11.8. The summed E-state index contributed by atoms with van der Waals surface area (Å²) in [4.78, 5) is 0. The summed E-state index contributed by atoms with van der Waals surface area (Å²) in [6.45, 7) is 1.92. The monoisotopic (exact) mass is 252 g/mol. The molecule has 0 amide bonds. The second kappa shape index (κ2) is 4.27. The average molecular weight is 252 g/mol. The topological polar surface area (TPSA) is 46.2 Å². The molecule has 1 heterocycles. The lowest BCUT2D eigenvalue weighted by Crippen LogP contribution is -2.11. The van der Waals surface area contributed by atoms with Crippen LogP contribution in [0.1, 0.15) is 5.56 Å². The van der Waals surface area contributed by atoms with Crippen molar-refractivity contribution in [1.82, 2.24) is 0 Å². The first-order valence-electron chi connectivity index (χ1n) is 4.62. The number of nitrogens with one attached hydrogen (secondary N) is 1. The summed E-state index contributed by atoms with van der Waals surface area (Å²) < 4.78 is 26.4. The van der Waals surface area contributed by atoms with E-state index in [2.05, 4.69) is 10.8 Å². The molecule has 0 unspecified atom stereocenters. The number of sulfonamides is 1. The predicted octanol–water partition coefficient (Wildman–Crippen LogP) is 2.66. The van der Waals surface area contributed by atoms with Gasteiger partial charge in [0.05, 0.1) is 5.69 Å². The van der Waals surface area contributed by atoms with E-state index in [0.717, 1.165) is 5.56 Å². The lowest BCUT2D eigenvalue weighted by atomic mass is 10.2. The first-order chi connectivity index (χ1) is 7.58. The SMILES string of the molecule is Cc1c[c]c(NS(=O)(=O)c2cccs2)cc1. The van der Waals surface area contributed by atoms with Gasteiger partial charge in [0.2, 0.25) is 0 Å². The molecule has 0 saturated carbocycles. The molecule has 0 saturated heterocycles. The number of thiophene rings is 1. The predicted molar refractivity (Wildman–Crippen MR) is 65.1 cm³/mol. The molecule has 0 aliphatic heterocycles. The largest absolute Gasteiger partial charge is 0.278 e. The summed E-state index contributed by atoms with van der Waals surface area (Å²) in [5.41, 5.74) is 1.50. The van der Waals surface area contributed by atoms with Crippen LogP contribution < -0.4 is 4.72 Å². The number of benzene rings is 1. The van der Waals surface area contributed by atoms with Crippen molar-refractivity contribution in [3.63, 3.8) is 0 Å². The third-order valence-electron chi connectivity index (χ3n) is 1.97. The summed E-state index contributed by atoms with van der Waals surface area (Å²) >= 11 is 1.19. The highest BCUT2D eigenvalue weighted by Crippen LogP contribution is 2.19. The highest BCUT2D eigenvalue weighted by Gasteiger charge is 2.14. The Kier molecular flexibility index (Phi) is 2.98. The molecule has 83 valence electrons. The van der Waals surface area contributed by atoms with Gasteiger partial charge in [-0.25, -0.2) is 8.42 Å². The Morgan fingerprint density at radius 3 is 2.69 bits per heavy atom. The van der Waals surface area contributed by atoms with Gasteiger partial charge in [-0.3, -0.25) is 4.72 Å². The molecule has 5 heteroatoms. The summed E-state index contributed by atoms with van der Waals surface area (Å²) in [7, 11) is -3.45. The molecule has 0 bridgehead atoms. The maximum Gasteiger partial charge on any atom is 0.271 e. The minimum absolute atomic E-state index is 0.307. The Hall–Kier alpha value is -1.33. The minimum atomic E-state index is -3.45. The zero-order valence-corrected chi connectivity index (χ0v) is 10.2. The van der Waals surface area contributed by atoms with Gasteiger partial charge in [0.25, 0.3) is 10.0 Å². The Labute approximate surface area is 98.8 Å². The number of rotatable bonds is 3. The molecular weight excluding hydrogens is 242 g/mol. The van der Waals surface area contributed by atoms with Crippen molar-refractivity contribution in [1.29, 1.82) is 0 Å². The van der Waals surface area contributed by atoms with Crippen molar-refractivity contribution in [2.24, 2.45) is 0 Å². The van der Waals surface area contributed by atoms with E-state index in [4.69, 9.17) is 0 Å². The van der Waals surface area contributed by atoms with Gasteiger partial charge in [0.1, 0.15) is 4.21 Å². The van der Waals surface area contributed by atoms with Crippen LogP contribution in [0, 0.1) is 13.0 Å². The summed E-state index contributed by atoms with van der Waals surface area (Å²) in [6.07, 6.45) is 0. The van der Waals surface area contributed by atoms with Gasteiger partial charge in [0.15, 0.2) is 0 Å². The number of anilines is 1. The normalized spacial score (nSPS) is 11.3.